The van der Waals surface area contributed by atoms with Crippen LogP contribution in [0.25, 0.3) is 0 Å². The van der Waals surface area contributed by atoms with Gasteiger partial charge in [-0.25, -0.2) is 0 Å². The molecule has 2 unspecified atom stereocenters. The highest BCUT2D eigenvalue weighted by Crippen LogP contribution is 2.39. The summed E-state index contributed by atoms with van der Waals surface area (Å²) in [6, 6.07) is 9.78. The maximum atomic E-state index is 10.9. The highest BCUT2D eigenvalue weighted by molar-refractivity contribution is 5.44. The van der Waals surface area contributed by atoms with Gasteiger partial charge >= 0.3 is 0 Å². The van der Waals surface area contributed by atoms with Crippen LogP contribution in [0.2, 0.25) is 0 Å². The molecule has 0 amide bonds. The molecule has 166 valence electrons. The zero-order chi connectivity index (χ0) is 22.3. The van der Waals surface area contributed by atoms with Crippen LogP contribution < -0.4 is 18.9 Å². The fourth-order valence-corrected chi connectivity index (χ4v) is 3.51. The molecule has 2 aromatic carbocycles. The number of ether oxygens (including phenoxy) is 4. The maximum absolute atomic E-state index is 10.9. The van der Waals surface area contributed by atoms with Crippen molar-refractivity contribution in [3.8, 4) is 23.0 Å². The minimum absolute atomic E-state index is 0.423. The zero-order valence-electron chi connectivity index (χ0n) is 17.6. The Balaban J connectivity index is 2.34. The van der Waals surface area contributed by atoms with Crippen molar-refractivity contribution in [2.75, 3.05) is 41.7 Å². The second-order valence-electron chi connectivity index (χ2n) is 6.81. The molecule has 8 nitrogen and oxygen atoms in total. The number of benzene rings is 2. The summed E-state index contributed by atoms with van der Waals surface area (Å²) in [6.45, 7) is -0.907. The summed E-state index contributed by atoms with van der Waals surface area (Å²) in [4.78, 5) is 0. The Morgan fingerprint density at radius 3 is 1.20 bits per heavy atom. The van der Waals surface area contributed by atoms with Crippen molar-refractivity contribution in [2.24, 2.45) is 11.8 Å². The van der Waals surface area contributed by atoms with Gasteiger partial charge in [0.1, 0.15) is 0 Å². The van der Waals surface area contributed by atoms with E-state index < -0.39 is 37.3 Å². The molecule has 0 aromatic heterocycles. The Labute approximate surface area is 176 Å². The molecule has 0 heterocycles. The van der Waals surface area contributed by atoms with Crippen LogP contribution in [-0.2, 0) is 0 Å². The van der Waals surface area contributed by atoms with Gasteiger partial charge in [-0.05, 0) is 35.4 Å². The van der Waals surface area contributed by atoms with Crippen molar-refractivity contribution in [2.45, 2.75) is 12.2 Å². The van der Waals surface area contributed by atoms with E-state index in [1.165, 1.54) is 28.4 Å². The third-order valence-electron chi connectivity index (χ3n) is 5.28. The lowest BCUT2D eigenvalue weighted by Crippen LogP contribution is -2.32. The number of aliphatic hydroxyl groups excluding tert-OH is 4. The molecule has 0 saturated carbocycles. The maximum Gasteiger partial charge on any atom is 0.161 e. The van der Waals surface area contributed by atoms with Crippen LogP contribution in [0.1, 0.15) is 23.3 Å². The third-order valence-corrected chi connectivity index (χ3v) is 5.28. The van der Waals surface area contributed by atoms with E-state index in [4.69, 9.17) is 18.9 Å². The van der Waals surface area contributed by atoms with E-state index in [0.29, 0.717) is 34.1 Å². The minimum Gasteiger partial charge on any atom is -0.493 e. The van der Waals surface area contributed by atoms with Crippen LogP contribution in [0.3, 0.4) is 0 Å². The van der Waals surface area contributed by atoms with Crippen molar-refractivity contribution < 1.29 is 39.4 Å². The van der Waals surface area contributed by atoms with E-state index >= 15 is 0 Å². The first-order valence-electron chi connectivity index (χ1n) is 9.47. The first-order chi connectivity index (χ1) is 14.4. The molecular weight excluding hydrogens is 392 g/mol. The summed E-state index contributed by atoms with van der Waals surface area (Å²) in [5, 5.41) is 41.8. The number of methoxy groups -OCH3 is 4. The average molecular weight is 422 g/mol. The molecule has 0 aliphatic carbocycles. The fourth-order valence-electron chi connectivity index (χ4n) is 3.51. The standard InChI is InChI=1S/C22H30O8/c1-27-17-7-5-13(9-19(17)29-3)21(25)15(11-23)16(12-24)22(26)14-6-8-18(28-2)20(10-14)30-4/h5-10,15-16,21-26H,11-12H2,1-4H3/t15-,16-,21?,22?/m1/s1. The van der Waals surface area contributed by atoms with Gasteiger partial charge in [-0.2, -0.15) is 0 Å². The Morgan fingerprint density at radius 1 is 0.600 bits per heavy atom. The van der Waals surface area contributed by atoms with Gasteiger partial charge in [0.05, 0.1) is 40.6 Å². The molecule has 8 heteroatoms. The molecule has 0 fully saturated rings. The SMILES string of the molecule is COc1ccc(C(O)[C@H](CO)[C@@H](CO)C(O)c2ccc(OC)c(OC)c2)cc1OC. The molecule has 4 atom stereocenters. The topological polar surface area (TPSA) is 118 Å². The Bertz CT molecular complexity index is 742. The van der Waals surface area contributed by atoms with E-state index in [9.17, 15) is 20.4 Å². The van der Waals surface area contributed by atoms with E-state index in [0.717, 1.165) is 0 Å². The summed E-state index contributed by atoms with van der Waals surface area (Å²) in [5.41, 5.74) is 0.925. The van der Waals surface area contributed by atoms with E-state index in [1.807, 2.05) is 0 Å². The summed E-state index contributed by atoms with van der Waals surface area (Å²) >= 11 is 0. The van der Waals surface area contributed by atoms with Gasteiger partial charge in [0, 0.05) is 25.0 Å². The van der Waals surface area contributed by atoms with Crippen LogP contribution in [0.5, 0.6) is 23.0 Å². The molecule has 2 aromatic rings. The third kappa shape index (κ3) is 4.96. The van der Waals surface area contributed by atoms with Crippen LogP contribution in [0.15, 0.2) is 36.4 Å². The summed E-state index contributed by atoms with van der Waals surface area (Å²) in [7, 11) is 5.97. The number of rotatable bonds is 11. The van der Waals surface area contributed by atoms with Gasteiger partial charge in [-0.3, -0.25) is 0 Å². The smallest absolute Gasteiger partial charge is 0.161 e. The number of hydrogen-bond donors (Lipinski definition) is 4. The Hall–Kier alpha value is -2.52. The normalized spacial score (nSPS) is 15.1. The van der Waals surface area contributed by atoms with E-state index in [-0.39, 0.29) is 0 Å². The van der Waals surface area contributed by atoms with Gasteiger partial charge < -0.3 is 39.4 Å². The van der Waals surface area contributed by atoms with Gasteiger partial charge in [0.25, 0.3) is 0 Å². The lowest BCUT2D eigenvalue weighted by molar-refractivity contribution is -0.0424. The van der Waals surface area contributed by atoms with E-state index in [1.54, 1.807) is 36.4 Å². The van der Waals surface area contributed by atoms with Crippen LogP contribution in [-0.4, -0.2) is 62.1 Å². The Kier molecular flexibility index (Phi) is 8.73. The van der Waals surface area contributed by atoms with Crippen LogP contribution in [0, 0.1) is 11.8 Å². The fraction of sp³-hybridized carbons (Fsp3) is 0.455. The molecule has 0 aliphatic heterocycles. The molecule has 0 spiro atoms. The van der Waals surface area contributed by atoms with Crippen molar-refractivity contribution in [1.29, 1.82) is 0 Å². The largest absolute Gasteiger partial charge is 0.493 e. The molecule has 4 N–H and O–H groups in total. The van der Waals surface area contributed by atoms with Gasteiger partial charge in [-0.15, -0.1) is 0 Å². The van der Waals surface area contributed by atoms with Gasteiger partial charge in [0.2, 0.25) is 0 Å². The molecule has 0 aliphatic rings. The lowest BCUT2D eigenvalue weighted by atomic mass is 9.80. The predicted octanol–water partition coefficient (Wildman–Crippen LogP) is 1.70. The first-order valence-corrected chi connectivity index (χ1v) is 9.47. The van der Waals surface area contributed by atoms with Gasteiger partial charge in [-0.1, -0.05) is 12.1 Å². The predicted molar refractivity (Wildman–Crippen MR) is 110 cm³/mol. The second kappa shape index (κ2) is 11.0. The van der Waals surface area contributed by atoms with Gasteiger partial charge in [0.15, 0.2) is 23.0 Å². The van der Waals surface area contributed by atoms with Crippen LogP contribution >= 0.6 is 0 Å². The highest BCUT2D eigenvalue weighted by Gasteiger charge is 2.35. The highest BCUT2D eigenvalue weighted by atomic mass is 16.5. The summed E-state index contributed by atoms with van der Waals surface area (Å²) in [6.07, 6.45) is -2.33. The molecule has 30 heavy (non-hydrogen) atoms. The Morgan fingerprint density at radius 2 is 0.933 bits per heavy atom. The average Bonchev–Trinajstić information content (AvgIpc) is 2.80. The first kappa shape index (κ1) is 23.8. The lowest BCUT2D eigenvalue weighted by Gasteiger charge is -2.32. The van der Waals surface area contributed by atoms with E-state index in [2.05, 4.69) is 0 Å². The molecule has 0 radical (unpaired) electrons. The molecule has 2 rings (SSSR count). The minimum atomic E-state index is -1.17. The van der Waals surface area contributed by atoms with Crippen molar-refractivity contribution in [1.82, 2.24) is 0 Å². The van der Waals surface area contributed by atoms with Crippen molar-refractivity contribution in [3.05, 3.63) is 47.5 Å². The second-order valence-corrected chi connectivity index (χ2v) is 6.81. The summed E-state index contributed by atoms with van der Waals surface area (Å²) in [5.74, 6) is 0.141. The summed E-state index contributed by atoms with van der Waals surface area (Å²) < 4.78 is 20.9. The monoisotopic (exact) mass is 422 g/mol. The van der Waals surface area contributed by atoms with Crippen molar-refractivity contribution >= 4 is 0 Å². The number of hydrogen-bond acceptors (Lipinski definition) is 8. The molecule has 0 bridgehead atoms. The van der Waals surface area contributed by atoms with Crippen molar-refractivity contribution in [3.63, 3.8) is 0 Å². The zero-order valence-corrected chi connectivity index (χ0v) is 17.6. The van der Waals surface area contributed by atoms with Crippen LogP contribution in [0.4, 0.5) is 0 Å². The molecule has 0 saturated heterocycles. The number of aliphatic hydroxyl groups is 4. The quantitative estimate of drug-likeness (QED) is 0.432. The molecular formula is C22H30O8.